The van der Waals surface area contributed by atoms with Gasteiger partial charge in [0, 0.05) is 30.7 Å². The van der Waals surface area contributed by atoms with Crippen LogP contribution < -0.4 is 10.1 Å². The van der Waals surface area contributed by atoms with Gasteiger partial charge in [-0.05, 0) is 38.5 Å². The van der Waals surface area contributed by atoms with Gasteiger partial charge in [0.05, 0.1) is 29.2 Å². The van der Waals surface area contributed by atoms with Crippen LogP contribution in [0.4, 0.5) is 18.9 Å². The van der Waals surface area contributed by atoms with Gasteiger partial charge in [-0.15, -0.1) is 0 Å². The number of nitrogens with zero attached hydrogens (tertiary/aromatic N) is 3. The van der Waals surface area contributed by atoms with Gasteiger partial charge < -0.3 is 19.7 Å². The van der Waals surface area contributed by atoms with Crippen LogP contribution in [0.5, 0.6) is 5.88 Å². The van der Waals surface area contributed by atoms with Crippen LogP contribution in [-0.2, 0) is 11.0 Å². The first-order chi connectivity index (χ1) is 16.5. The Morgan fingerprint density at radius 3 is 2.69 bits per heavy atom. The molecule has 0 radical (unpaired) electrons. The number of ether oxygens (including phenoxy) is 1. The Hall–Kier alpha value is -3.18. The molecule has 1 unspecified atom stereocenters. The summed E-state index contributed by atoms with van der Waals surface area (Å²) in [6, 6.07) is 5.22. The Morgan fingerprint density at radius 1 is 1.29 bits per heavy atom. The summed E-state index contributed by atoms with van der Waals surface area (Å²) in [4.78, 5) is 19.4. The van der Waals surface area contributed by atoms with Gasteiger partial charge in [-0.1, -0.05) is 16.8 Å². The molecule has 1 aliphatic carbocycles. The largest absolute Gasteiger partial charge is 0.481 e. The fourth-order valence-electron chi connectivity index (χ4n) is 4.06. The number of halogens is 4. The van der Waals surface area contributed by atoms with E-state index in [0.717, 1.165) is 6.07 Å². The first kappa shape index (κ1) is 24.9. The number of rotatable bonds is 7. The molecule has 186 valence electrons. The summed E-state index contributed by atoms with van der Waals surface area (Å²) >= 11 is 6.19. The number of nitrogens with two attached hydrogens (primary N) is 1. The molecule has 2 heterocycles. The lowest BCUT2D eigenvalue weighted by atomic mass is 10.0. The van der Waals surface area contributed by atoms with E-state index < -0.39 is 23.6 Å². The number of hydrogen-bond donors (Lipinski definition) is 2. The monoisotopic (exact) mass is 511 g/mol. The van der Waals surface area contributed by atoms with E-state index in [0.29, 0.717) is 30.5 Å². The van der Waals surface area contributed by atoms with Crippen LogP contribution in [0.25, 0.3) is 22.8 Å². The molecule has 0 aliphatic heterocycles. The molecule has 12 heteroatoms. The van der Waals surface area contributed by atoms with Crippen LogP contribution in [-0.4, -0.2) is 38.3 Å². The molecule has 1 aliphatic rings. The third-order valence-corrected chi connectivity index (χ3v) is 5.94. The predicted molar refractivity (Wildman–Crippen MR) is 119 cm³/mol. The molecule has 0 saturated heterocycles. The Kier molecular flexibility index (Phi) is 7.00. The molecule has 2 aromatic heterocycles. The fourth-order valence-corrected chi connectivity index (χ4v) is 4.27. The summed E-state index contributed by atoms with van der Waals surface area (Å²) in [5.74, 6) is -1.40. The van der Waals surface area contributed by atoms with Crippen molar-refractivity contribution >= 4 is 23.3 Å². The van der Waals surface area contributed by atoms with Crippen LogP contribution in [0.1, 0.15) is 38.7 Å². The number of alkyl halides is 3. The van der Waals surface area contributed by atoms with Crippen molar-refractivity contribution in [1.82, 2.24) is 15.1 Å². The number of hydrogen-bond acceptors (Lipinski definition) is 6. The maximum atomic E-state index is 13.9. The van der Waals surface area contributed by atoms with E-state index in [4.69, 9.17) is 26.0 Å². The molecular formula is C23H23ClF3N4O4+. The number of carbonyl (C=O) groups is 1. The van der Waals surface area contributed by atoms with Gasteiger partial charge >= 0.3 is 12.1 Å². The molecule has 0 bridgehead atoms. The van der Waals surface area contributed by atoms with E-state index >= 15 is 0 Å². The quantitative estimate of drug-likeness (QED) is 0.441. The van der Waals surface area contributed by atoms with E-state index in [-0.39, 0.29) is 40.3 Å². The molecule has 1 fully saturated rings. The van der Waals surface area contributed by atoms with Gasteiger partial charge in [0.25, 0.3) is 5.89 Å². The van der Waals surface area contributed by atoms with Crippen molar-refractivity contribution in [2.45, 2.75) is 51.4 Å². The molecule has 1 aromatic carbocycles. The minimum absolute atomic E-state index is 0.0277. The lowest BCUT2D eigenvalue weighted by molar-refractivity contribution is -0.609. The molecule has 4 rings (SSSR count). The Morgan fingerprint density at radius 2 is 2.06 bits per heavy atom. The topological polar surface area (TPSA) is 115 Å². The van der Waals surface area contributed by atoms with Crippen molar-refractivity contribution in [2.24, 2.45) is 5.92 Å². The molecule has 0 amide bonds. The average Bonchev–Trinajstić information content (AvgIpc) is 3.44. The Bertz CT molecular complexity index is 1230. The number of aliphatic carboxylic acids is 1. The Balaban J connectivity index is 1.59. The highest BCUT2D eigenvalue weighted by atomic mass is 35.5. The highest BCUT2D eigenvalue weighted by Gasteiger charge is 2.37. The number of pyridine rings is 1. The number of carboxylic acids is 1. The van der Waals surface area contributed by atoms with Crippen LogP contribution in [0.15, 0.2) is 35.0 Å². The van der Waals surface area contributed by atoms with Gasteiger partial charge in [0.2, 0.25) is 11.7 Å². The minimum atomic E-state index is -4.67. The van der Waals surface area contributed by atoms with Gasteiger partial charge in [0.15, 0.2) is 0 Å². The van der Waals surface area contributed by atoms with Crippen molar-refractivity contribution in [3.63, 3.8) is 0 Å². The summed E-state index contributed by atoms with van der Waals surface area (Å²) in [6.07, 6.45) is -1.89. The van der Waals surface area contributed by atoms with E-state index in [1.54, 1.807) is 5.32 Å². The zero-order valence-corrected chi connectivity index (χ0v) is 19.6. The lowest BCUT2D eigenvalue weighted by Crippen LogP contribution is -2.84. The zero-order chi connectivity index (χ0) is 25.3. The predicted octanol–water partition coefficient (Wildman–Crippen LogP) is 4.71. The Labute approximate surface area is 203 Å². The SMILES string of the molecule is CC(C)Oc1ncc(-c2noc(-c3ccc([NH2+]C4CC[C@@H](C(=O)O)C4)cc3C(F)(F)F)n2)cc1Cl. The molecule has 1 saturated carbocycles. The summed E-state index contributed by atoms with van der Waals surface area (Å²) in [5, 5.41) is 14.8. The third-order valence-electron chi connectivity index (χ3n) is 5.67. The van der Waals surface area contributed by atoms with Gasteiger partial charge in [-0.25, -0.2) is 4.98 Å². The molecule has 8 nitrogen and oxygen atoms in total. The van der Waals surface area contributed by atoms with Crippen molar-refractivity contribution < 1.29 is 37.6 Å². The molecule has 3 N–H and O–H groups in total. The van der Waals surface area contributed by atoms with E-state index in [1.165, 1.54) is 24.4 Å². The smallest absolute Gasteiger partial charge is 0.417 e. The van der Waals surface area contributed by atoms with Gasteiger partial charge in [-0.3, -0.25) is 4.79 Å². The zero-order valence-electron chi connectivity index (χ0n) is 18.8. The highest BCUT2D eigenvalue weighted by Crippen LogP contribution is 2.38. The van der Waals surface area contributed by atoms with Gasteiger partial charge in [-0.2, -0.15) is 18.2 Å². The lowest BCUT2D eigenvalue weighted by Gasteiger charge is -2.13. The second-order valence-corrected chi connectivity index (χ2v) is 9.09. The summed E-state index contributed by atoms with van der Waals surface area (Å²) in [5.41, 5.74) is -0.476. The minimum Gasteiger partial charge on any atom is -0.481 e. The maximum absolute atomic E-state index is 13.9. The van der Waals surface area contributed by atoms with E-state index in [9.17, 15) is 18.0 Å². The van der Waals surface area contributed by atoms with Gasteiger partial charge in [0.1, 0.15) is 10.7 Å². The first-order valence-electron chi connectivity index (χ1n) is 11.0. The van der Waals surface area contributed by atoms with Crippen LogP contribution in [0, 0.1) is 5.92 Å². The van der Waals surface area contributed by atoms with E-state index in [1.807, 2.05) is 13.8 Å². The van der Waals surface area contributed by atoms with Crippen LogP contribution >= 0.6 is 11.6 Å². The van der Waals surface area contributed by atoms with Crippen molar-refractivity contribution in [3.8, 4) is 28.7 Å². The van der Waals surface area contributed by atoms with Crippen molar-refractivity contribution in [1.29, 1.82) is 0 Å². The van der Waals surface area contributed by atoms with Crippen molar-refractivity contribution in [2.75, 3.05) is 0 Å². The first-order valence-corrected chi connectivity index (χ1v) is 11.3. The second-order valence-electron chi connectivity index (χ2n) is 8.68. The normalized spacial score (nSPS) is 18.3. The molecular weight excluding hydrogens is 489 g/mol. The highest BCUT2D eigenvalue weighted by molar-refractivity contribution is 6.32. The number of carboxylic acid groups (broad SMARTS) is 1. The third kappa shape index (κ3) is 5.73. The maximum Gasteiger partial charge on any atom is 0.417 e. The molecule has 3 aromatic rings. The number of quaternary nitrogens is 1. The molecule has 35 heavy (non-hydrogen) atoms. The fraction of sp³-hybridized carbons (Fsp3) is 0.391. The summed E-state index contributed by atoms with van der Waals surface area (Å²) < 4.78 is 52.3. The van der Waals surface area contributed by atoms with Crippen molar-refractivity contribution in [3.05, 3.63) is 41.0 Å². The molecule has 2 atom stereocenters. The number of benzene rings is 1. The second kappa shape index (κ2) is 9.82. The summed E-state index contributed by atoms with van der Waals surface area (Å²) in [7, 11) is 0. The summed E-state index contributed by atoms with van der Waals surface area (Å²) in [6.45, 7) is 3.64. The average molecular weight is 512 g/mol. The van der Waals surface area contributed by atoms with Crippen LogP contribution in [0.2, 0.25) is 5.02 Å². The standard InChI is InChI=1S/C23H22ClF3N4O4/c1-11(2)34-21-18(24)8-13(10-28-21)19-30-20(35-31-19)16-6-5-15(9-17(16)23(25,26)27)29-14-4-3-12(7-14)22(32)33/h5-6,8-12,14,29H,3-4,7H2,1-2H3,(H,32,33)/p+1/t12-,14?/m1/s1. The van der Waals surface area contributed by atoms with E-state index in [2.05, 4.69) is 15.1 Å². The molecule has 0 spiro atoms. The van der Waals surface area contributed by atoms with Crippen LogP contribution in [0.3, 0.4) is 0 Å². The number of aromatic nitrogens is 3.